The van der Waals surface area contributed by atoms with Gasteiger partial charge in [0.1, 0.15) is 3.57 Å². The molecule has 0 amide bonds. The summed E-state index contributed by atoms with van der Waals surface area (Å²) in [5.41, 5.74) is 7.56. The van der Waals surface area contributed by atoms with E-state index < -0.39 is 0 Å². The molecule has 14 heavy (non-hydrogen) atoms. The summed E-state index contributed by atoms with van der Waals surface area (Å²) in [6.45, 7) is 1.98. The van der Waals surface area contributed by atoms with Crippen molar-refractivity contribution in [1.82, 2.24) is 10.1 Å². The van der Waals surface area contributed by atoms with E-state index >= 15 is 0 Å². The molecule has 0 aliphatic heterocycles. The molecule has 0 aromatic carbocycles. The van der Waals surface area contributed by atoms with Crippen molar-refractivity contribution in [3.05, 3.63) is 27.6 Å². The summed E-state index contributed by atoms with van der Waals surface area (Å²) >= 11 is 2.11. The van der Waals surface area contributed by atoms with Gasteiger partial charge in [-0.3, -0.25) is 4.98 Å². The van der Waals surface area contributed by atoms with Gasteiger partial charge < -0.3 is 10.3 Å². The maximum absolute atomic E-state index is 5.58. The third kappa shape index (κ3) is 1.59. The fraction of sp³-hybridized carbons (Fsp3) is 0.111. The normalized spacial score (nSPS) is 10.4. The van der Waals surface area contributed by atoms with Gasteiger partial charge in [0.15, 0.2) is 11.6 Å². The average molecular weight is 301 g/mol. The molecule has 0 saturated carbocycles. The number of nitrogens with two attached hydrogens (primary N) is 1. The van der Waals surface area contributed by atoms with Gasteiger partial charge in [0.2, 0.25) is 0 Å². The van der Waals surface area contributed by atoms with Crippen LogP contribution >= 0.6 is 22.6 Å². The van der Waals surface area contributed by atoms with Crippen molar-refractivity contribution in [1.29, 1.82) is 0 Å². The lowest BCUT2D eigenvalue weighted by Crippen LogP contribution is -1.87. The minimum Gasteiger partial charge on any atom is -0.380 e. The number of pyridine rings is 1. The number of nitrogen functional groups attached to an aromatic ring is 1. The summed E-state index contributed by atoms with van der Waals surface area (Å²) in [6.07, 6.45) is 3.52. The van der Waals surface area contributed by atoms with Crippen molar-refractivity contribution in [2.24, 2.45) is 0 Å². The summed E-state index contributed by atoms with van der Waals surface area (Å²) in [5.74, 6) is 1.10. The van der Waals surface area contributed by atoms with Gasteiger partial charge in [-0.05, 0) is 41.1 Å². The minimum atomic E-state index is 0.419. The molecular weight excluding hydrogens is 293 g/mol. The van der Waals surface area contributed by atoms with Crippen molar-refractivity contribution in [3.63, 3.8) is 0 Å². The lowest BCUT2D eigenvalue weighted by molar-refractivity contribution is 0.435. The molecule has 2 N–H and O–H groups in total. The minimum absolute atomic E-state index is 0.419. The molecule has 0 saturated heterocycles. The van der Waals surface area contributed by atoms with E-state index in [2.05, 4.69) is 32.7 Å². The zero-order chi connectivity index (χ0) is 10.1. The number of rotatable bonds is 1. The molecule has 5 heteroatoms. The Balaban J connectivity index is 2.55. The third-order valence-corrected chi connectivity index (χ3v) is 2.84. The van der Waals surface area contributed by atoms with E-state index in [1.54, 1.807) is 12.4 Å². The standard InChI is InChI=1S/C9H8IN3O/c1-5-2-6(4-12-3-5)8-7(10)9(11)13-14-8/h2-4H,1H3,(H2,11,13). The quantitative estimate of drug-likeness (QED) is 0.820. The third-order valence-electron chi connectivity index (χ3n) is 1.80. The average Bonchev–Trinajstić information content (AvgIpc) is 2.48. The van der Waals surface area contributed by atoms with Crippen LogP contribution in [0.15, 0.2) is 23.0 Å². The van der Waals surface area contributed by atoms with Gasteiger partial charge in [-0.1, -0.05) is 5.16 Å². The van der Waals surface area contributed by atoms with E-state index in [1.165, 1.54) is 0 Å². The molecule has 0 unspecified atom stereocenters. The monoisotopic (exact) mass is 301 g/mol. The first kappa shape index (κ1) is 9.45. The van der Waals surface area contributed by atoms with Crippen LogP contribution in [0.1, 0.15) is 5.56 Å². The van der Waals surface area contributed by atoms with E-state index in [1.807, 2.05) is 13.0 Å². The summed E-state index contributed by atoms with van der Waals surface area (Å²) < 4.78 is 5.94. The Morgan fingerprint density at radius 3 is 2.79 bits per heavy atom. The molecule has 2 heterocycles. The molecule has 72 valence electrons. The van der Waals surface area contributed by atoms with Crippen molar-refractivity contribution >= 4 is 28.4 Å². The number of aromatic nitrogens is 2. The Labute approximate surface area is 94.6 Å². The van der Waals surface area contributed by atoms with Crippen LogP contribution in [0.25, 0.3) is 11.3 Å². The molecule has 4 nitrogen and oxygen atoms in total. The molecule has 0 radical (unpaired) electrons. The van der Waals surface area contributed by atoms with Gasteiger partial charge in [-0.25, -0.2) is 0 Å². The van der Waals surface area contributed by atoms with Crippen LogP contribution in [0.2, 0.25) is 0 Å². The zero-order valence-corrected chi connectivity index (χ0v) is 9.65. The number of hydrogen-bond donors (Lipinski definition) is 1. The van der Waals surface area contributed by atoms with Crippen LogP contribution in [0.4, 0.5) is 5.82 Å². The predicted molar refractivity (Wildman–Crippen MR) is 61.6 cm³/mol. The van der Waals surface area contributed by atoms with E-state index in [9.17, 15) is 0 Å². The van der Waals surface area contributed by atoms with Gasteiger partial charge in [0, 0.05) is 18.0 Å². The first-order chi connectivity index (χ1) is 6.68. The molecule has 2 rings (SSSR count). The van der Waals surface area contributed by atoms with Crippen LogP contribution in [-0.2, 0) is 0 Å². The number of nitrogens with zero attached hydrogens (tertiary/aromatic N) is 2. The van der Waals surface area contributed by atoms with Crippen molar-refractivity contribution < 1.29 is 4.52 Å². The largest absolute Gasteiger partial charge is 0.380 e. The van der Waals surface area contributed by atoms with Crippen molar-refractivity contribution in [2.75, 3.05) is 5.73 Å². The fourth-order valence-electron chi connectivity index (χ4n) is 1.15. The van der Waals surface area contributed by atoms with Gasteiger partial charge in [0.25, 0.3) is 0 Å². The Bertz CT molecular complexity index is 467. The highest BCUT2D eigenvalue weighted by Gasteiger charge is 2.12. The van der Waals surface area contributed by atoms with Crippen LogP contribution in [0, 0.1) is 10.5 Å². The highest BCUT2D eigenvalue weighted by molar-refractivity contribution is 14.1. The van der Waals surface area contributed by atoms with Gasteiger partial charge in [-0.15, -0.1) is 0 Å². The molecule has 0 bridgehead atoms. The van der Waals surface area contributed by atoms with Crippen LogP contribution in [-0.4, -0.2) is 10.1 Å². The lowest BCUT2D eigenvalue weighted by atomic mass is 10.2. The van der Waals surface area contributed by atoms with Crippen molar-refractivity contribution in [3.8, 4) is 11.3 Å². The Morgan fingerprint density at radius 1 is 1.43 bits per heavy atom. The van der Waals surface area contributed by atoms with E-state index in [0.717, 1.165) is 14.7 Å². The van der Waals surface area contributed by atoms with Crippen LogP contribution in [0.5, 0.6) is 0 Å². The predicted octanol–water partition coefficient (Wildman–Crippen LogP) is 2.23. The van der Waals surface area contributed by atoms with Gasteiger partial charge >= 0.3 is 0 Å². The van der Waals surface area contributed by atoms with E-state index in [0.29, 0.717) is 11.6 Å². The number of anilines is 1. The maximum atomic E-state index is 5.58. The van der Waals surface area contributed by atoms with Crippen LogP contribution in [0.3, 0.4) is 0 Å². The van der Waals surface area contributed by atoms with Crippen molar-refractivity contribution in [2.45, 2.75) is 6.92 Å². The van der Waals surface area contributed by atoms with Crippen LogP contribution < -0.4 is 5.73 Å². The maximum Gasteiger partial charge on any atom is 0.183 e. The molecular formula is C9H8IN3O. The SMILES string of the molecule is Cc1cncc(-c2onc(N)c2I)c1. The summed E-state index contributed by atoms with van der Waals surface area (Å²) in [7, 11) is 0. The second-order valence-corrected chi connectivity index (χ2v) is 4.04. The first-order valence-electron chi connectivity index (χ1n) is 4.01. The molecule has 0 fully saturated rings. The second kappa shape index (κ2) is 3.56. The Hall–Kier alpha value is -1.11. The highest BCUT2D eigenvalue weighted by atomic mass is 127. The Morgan fingerprint density at radius 2 is 2.21 bits per heavy atom. The van der Waals surface area contributed by atoms with Gasteiger partial charge in [0.05, 0.1) is 0 Å². The number of hydrogen-bond acceptors (Lipinski definition) is 4. The zero-order valence-electron chi connectivity index (χ0n) is 7.49. The summed E-state index contributed by atoms with van der Waals surface area (Å²) in [5, 5.41) is 3.69. The fourth-order valence-corrected chi connectivity index (χ4v) is 1.66. The molecule has 0 aliphatic carbocycles. The molecule has 2 aromatic heterocycles. The first-order valence-corrected chi connectivity index (χ1v) is 5.09. The lowest BCUT2D eigenvalue weighted by Gasteiger charge is -1.96. The summed E-state index contributed by atoms with van der Waals surface area (Å²) in [4.78, 5) is 4.08. The molecule has 0 aliphatic rings. The molecule has 0 spiro atoms. The van der Waals surface area contributed by atoms with E-state index in [-0.39, 0.29) is 0 Å². The smallest absolute Gasteiger partial charge is 0.183 e. The Kier molecular flexibility index (Phi) is 2.40. The number of aryl methyl sites for hydroxylation is 1. The topological polar surface area (TPSA) is 64.9 Å². The summed E-state index contributed by atoms with van der Waals surface area (Å²) in [6, 6.07) is 1.98. The second-order valence-electron chi connectivity index (χ2n) is 2.96. The highest BCUT2D eigenvalue weighted by Crippen LogP contribution is 2.28. The van der Waals surface area contributed by atoms with Gasteiger partial charge in [-0.2, -0.15) is 0 Å². The number of halogens is 1. The van der Waals surface area contributed by atoms with E-state index in [4.69, 9.17) is 10.3 Å². The molecule has 2 aromatic rings. The molecule has 0 atom stereocenters.